The van der Waals surface area contributed by atoms with Gasteiger partial charge >= 0.3 is 5.97 Å². The average molecular weight is 412 g/mol. The Morgan fingerprint density at radius 2 is 2.00 bits per heavy atom. The Kier molecular flexibility index (Phi) is 4.26. The topological polar surface area (TPSA) is 81.4 Å². The molecule has 2 heterocycles. The van der Waals surface area contributed by atoms with E-state index < -0.39 is 0 Å². The molecule has 0 aliphatic rings. The van der Waals surface area contributed by atoms with Crippen molar-refractivity contribution >= 4 is 44.4 Å². The van der Waals surface area contributed by atoms with Gasteiger partial charge in [0, 0.05) is 10.0 Å². The van der Waals surface area contributed by atoms with Crippen molar-refractivity contribution in [2.24, 2.45) is 0 Å². The first kappa shape index (κ1) is 16.5. The van der Waals surface area contributed by atoms with Gasteiger partial charge in [-0.3, -0.25) is 9.20 Å². The molecule has 0 fully saturated rings. The third-order valence-corrected chi connectivity index (χ3v) is 4.44. The number of esters is 1. The van der Waals surface area contributed by atoms with Gasteiger partial charge in [-0.15, -0.1) is 10.2 Å². The van der Waals surface area contributed by atoms with Crippen molar-refractivity contribution < 1.29 is 9.53 Å². The van der Waals surface area contributed by atoms with Gasteiger partial charge in [0.2, 0.25) is 5.65 Å². The molecule has 0 saturated carbocycles. The molecule has 130 valence electrons. The van der Waals surface area contributed by atoms with Crippen molar-refractivity contribution in [3.63, 3.8) is 0 Å². The number of carbonyl (C=O) groups is 1. The minimum absolute atomic E-state index is 0.00774. The highest BCUT2D eigenvalue weighted by Gasteiger charge is 2.17. The van der Waals surface area contributed by atoms with Crippen LogP contribution in [0, 0.1) is 0 Å². The Labute approximate surface area is 157 Å². The van der Waals surface area contributed by atoms with E-state index in [1.807, 2.05) is 52.9 Å². The summed E-state index contributed by atoms with van der Waals surface area (Å²) in [5.41, 5.74) is 3.10. The minimum atomic E-state index is -0.387. The zero-order valence-electron chi connectivity index (χ0n) is 13.8. The Morgan fingerprint density at radius 1 is 1.19 bits per heavy atom. The van der Waals surface area contributed by atoms with Gasteiger partial charge in [0.05, 0.1) is 18.1 Å². The number of hydrogen-bond acceptors (Lipinski definition) is 6. The largest absolute Gasteiger partial charge is 0.468 e. The van der Waals surface area contributed by atoms with Crippen molar-refractivity contribution in [1.82, 2.24) is 19.6 Å². The Bertz CT molecular complexity index is 1110. The third-order valence-electron chi connectivity index (χ3n) is 3.95. The summed E-state index contributed by atoms with van der Waals surface area (Å²) in [5, 5.41) is 11.6. The molecule has 0 amide bonds. The van der Waals surface area contributed by atoms with Crippen molar-refractivity contribution in [3.05, 3.63) is 53.0 Å². The fourth-order valence-corrected chi connectivity index (χ4v) is 3.08. The summed E-state index contributed by atoms with van der Waals surface area (Å²) in [7, 11) is 1.34. The first-order chi connectivity index (χ1) is 12.7. The monoisotopic (exact) mass is 411 g/mol. The maximum absolute atomic E-state index is 11.5. The second-order valence-corrected chi connectivity index (χ2v) is 6.49. The molecule has 0 spiro atoms. The van der Waals surface area contributed by atoms with Crippen molar-refractivity contribution in [2.75, 3.05) is 19.0 Å². The van der Waals surface area contributed by atoms with E-state index in [9.17, 15) is 4.79 Å². The van der Waals surface area contributed by atoms with Crippen LogP contribution in [0.5, 0.6) is 0 Å². The van der Waals surface area contributed by atoms with Gasteiger partial charge in [0.15, 0.2) is 11.6 Å². The average Bonchev–Trinajstić information content (AvgIpc) is 3.11. The van der Waals surface area contributed by atoms with Crippen LogP contribution in [-0.4, -0.2) is 39.2 Å². The molecule has 0 radical (unpaired) electrons. The first-order valence-electron chi connectivity index (χ1n) is 7.88. The summed E-state index contributed by atoms with van der Waals surface area (Å²) in [6.45, 7) is -0.00774. The number of aromatic nitrogens is 4. The lowest BCUT2D eigenvalue weighted by atomic mass is 10.2. The number of hydrogen-bond donors (Lipinski definition) is 1. The maximum atomic E-state index is 11.5. The quantitative estimate of drug-likeness (QED) is 0.518. The lowest BCUT2D eigenvalue weighted by molar-refractivity contribution is -0.138. The normalized spacial score (nSPS) is 11.0. The van der Waals surface area contributed by atoms with Crippen molar-refractivity contribution in [1.29, 1.82) is 0 Å². The molecular weight excluding hydrogens is 398 g/mol. The minimum Gasteiger partial charge on any atom is -0.468 e. The zero-order valence-corrected chi connectivity index (χ0v) is 15.4. The van der Waals surface area contributed by atoms with Crippen molar-refractivity contribution in [2.45, 2.75) is 0 Å². The van der Waals surface area contributed by atoms with Crippen LogP contribution in [0.4, 0.5) is 5.82 Å². The van der Waals surface area contributed by atoms with Crippen LogP contribution >= 0.6 is 15.9 Å². The molecule has 7 nitrogen and oxygen atoms in total. The molecule has 0 aliphatic heterocycles. The van der Waals surface area contributed by atoms with Crippen LogP contribution in [-0.2, 0) is 9.53 Å². The Hall–Kier alpha value is -3.00. The van der Waals surface area contributed by atoms with E-state index in [-0.39, 0.29) is 12.5 Å². The third kappa shape index (κ3) is 2.88. The number of benzene rings is 2. The van der Waals surface area contributed by atoms with Gasteiger partial charge in [0.1, 0.15) is 6.54 Å². The lowest BCUT2D eigenvalue weighted by Crippen LogP contribution is -2.16. The van der Waals surface area contributed by atoms with Crippen LogP contribution in [0.3, 0.4) is 0 Å². The van der Waals surface area contributed by atoms with Gasteiger partial charge in [-0.2, -0.15) is 0 Å². The van der Waals surface area contributed by atoms with E-state index in [2.05, 4.69) is 41.2 Å². The van der Waals surface area contributed by atoms with E-state index in [1.165, 1.54) is 7.11 Å². The van der Waals surface area contributed by atoms with Gasteiger partial charge < -0.3 is 10.1 Å². The molecule has 0 aliphatic carbocycles. The summed E-state index contributed by atoms with van der Waals surface area (Å²) in [4.78, 5) is 16.1. The van der Waals surface area contributed by atoms with E-state index in [0.29, 0.717) is 17.3 Å². The zero-order chi connectivity index (χ0) is 18.1. The molecule has 4 rings (SSSR count). The second kappa shape index (κ2) is 6.72. The summed E-state index contributed by atoms with van der Waals surface area (Å²) < 4.78 is 7.53. The number of ether oxygens (including phenoxy) is 1. The van der Waals surface area contributed by atoms with Crippen LogP contribution in [0.25, 0.3) is 28.1 Å². The smallest absolute Gasteiger partial charge is 0.325 e. The van der Waals surface area contributed by atoms with E-state index >= 15 is 0 Å². The Morgan fingerprint density at radius 3 is 2.77 bits per heavy atom. The molecule has 0 saturated heterocycles. The van der Waals surface area contributed by atoms with Gasteiger partial charge in [-0.1, -0.05) is 46.3 Å². The van der Waals surface area contributed by atoms with Crippen LogP contribution < -0.4 is 5.32 Å². The summed E-state index contributed by atoms with van der Waals surface area (Å²) in [6, 6.07) is 15.6. The lowest BCUT2D eigenvalue weighted by Gasteiger charge is -2.10. The summed E-state index contributed by atoms with van der Waals surface area (Å²) in [6.07, 6.45) is 0. The standard InChI is InChI=1S/C18H14BrN5O2/c1-26-15(25)10-20-16-18-23-22-17(11-5-3-2-4-6-11)24(18)14-8-7-12(19)9-13(14)21-16/h2-9H,10H2,1H3,(H,20,21). The molecule has 0 atom stereocenters. The number of methoxy groups -OCH3 is 1. The molecule has 26 heavy (non-hydrogen) atoms. The number of rotatable bonds is 4. The van der Waals surface area contributed by atoms with E-state index in [0.717, 1.165) is 21.1 Å². The highest BCUT2D eigenvalue weighted by atomic mass is 79.9. The maximum Gasteiger partial charge on any atom is 0.325 e. The number of carbonyl (C=O) groups excluding carboxylic acids is 1. The van der Waals surface area contributed by atoms with Crippen molar-refractivity contribution in [3.8, 4) is 11.4 Å². The Balaban J connectivity index is 1.97. The SMILES string of the molecule is COC(=O)CNc1nc2cc(Br)ccc2n2c(-c3ccccc3)nnc12. The summed E-state index contributed by atoms with van der Waals surface area (Å²) in [5.74, 6) is 0.786. The second-order valence-electron chi connectivity index (χ2n) is 5.57. The van der Waals surface area contributed by atoms with Crippen LogP contribution in [0.1, 0.15) is 0 Å². The number of nitrogens with one attached hydrogen (secondary N) is 1. The number of anilines is 1. The van der Waals surface area contributed by atoms with Crippen LogP contribution in [0.15, 0.2) is 53.0 Å². The predicted molar refractivity (Wildman–Crippen MR) is 102 cm³/mol. The highest BCUT2D eigenvalue weighted by molar-refractivity contribution is 9.10. The van der Waals surface area contributed by atoms with Gasteiger partial charge in [-0.05, 0) is 18.2 Å². The molecule has 2 aromatic carbocycles. The van der Waals surface area contributed by atoms with E-state index in [4.69, 9.17) is 0 Å². The number of fused-ring (bicyclic) bond motifs is 3. The highest BCUT2D eigenvalue weighted by Crippen LogP contribution is 2.28. The fourth-order valence-electron chi connectivity index (χ4n) is 2.73. The predicted octanol–water partition coefficient (Wildman–Crippen LogP) is 3.29. The van der Waals surface area contributed by atoms with Gasteiger partial charge in [-0.25, -0.2) is 4.98 Å². The van der Waals surface area contributed by atoms with E-state index in [1.54, 1.807) is 0 Å². The number of halogens is 1. The molecule has 1 N–H and O–H groups in total. The fraction of sp³-hybridized carbons (Fsp3) is 0.111. The molecule has 2 aromatic heterocycles. The molecule has 8 heteroatoms. The molecule has 0 unspecified atom stereocenters. The molecular formula is C18H14BrN5O2. The molecule has 4 aromatic rings. The first-order valence-corrected chi connectivity index (χ1v) is 8.67. The van der Waals surface area contributed by atoms with Gasteiger partial charge in [0.25, 0.3) is 0 Å². The summed E-state index contributed by atoms with van der Waals surface area (Å²) >= 11 is 3.47. The van der Waals surface area contributed by atoms with Crippen LogP contribution in [0.2, 0.25) is 0 Å². The number of nitrogens with zero attached hydrogens (tertiary/aromatic N) is 4. The molecule has 0 bridgehead atoms.